The monoisotopic (exact) mass is 371 g/mol. The highest BCUT2D eigenvalue weighted by Gasteiger charge is 2.22. The molecule has 146 valence electrons. The molecule has 2 heterocycles. The largest absolute Gasteiger partial charge is 0.379 e. The SMILES string of the molecule is CC(C)CC(CNC(=O)Nc1ccccc1-n1cccn1)N1CCOCC1. The van der Waals surface area contributed by atoms with Gasteiger partial charge in [-0.25, -0.2) is 9.48 Å². The van der Waals surface area contributed by atoms with E-state index in [1.165, 1.54) is 0 Å². The fourth-order valence-electron chi connectivity index (χ4n) is 3.42. The van der Waals surface area contributed by atoms with Gasteiger partial charge in [-0.2, -0.15) is 5.10 Å². The number of amides is 2. The molecule has 7 nitrogen and oxygen atoms in total. The predicted molar refractivity (Wildman–Crippen MR) is 106 cm³/mol. The average Bonchev–Trinajstić information content (AvgIpc) is 3.20. The number of rotatable bonds is 7. The number of benzene rings is 1. The number of aromatic nitrogens is 2. The normalized spacial score (nSPS) is 16.3. The topological polar surface area (TPSA) is 71.4 Å². The molecule has 1 aromatic heterocycles. The second-order valence-corrected chi connectivity index (χ2v) is 7.23. The number of hydrogen-bond donors (Lipinski definition) is 2. The molecule has 0 bridgehead atoms. The maximum absolute atomic E-state index is 12.5. The Kier molecular flexibility index (Phi) is 6.84. The first-order valence-electron chi connectivity index (χ1n) is 9.59. The molecule has 0 saturated carbocycles. The van der Waals surface area contributed by atoms with Gasteiger partial charge in [-0.3, -0.25) is 4.90 Å². The van der Waals surface area contributed by atoms with E-state index in [0.717, 1.165) is 44.1 Å². The second-order valence-electron chi connectivity index (χ2n) is 7.23. The summed E-state index contributed by atoms with van der Waals surface area (Å²) in [6.07, 6.45) is 4.62. The van der Waals surface area contributed by atoms with Crippen LogP contribution in [0.5, 0.6) is 0 Å². The van der Waals surface area contributed by atoms with Crippen molar-refractivity contribution >= 4 is 11.7 Å². The molecular formula is C20H29N5O2. The summed E-state index contributed by atoms with van der Waals surface area (Å²) in [5, 5.41) is 10.2. The van der Waals surface area contributed by atoms with E-state index >= 15 is 0 Å². The molecule has 1 aromatic carbocycles. The lowest BCUT2D eigenvalue weighted by Gasteiger charge is -2.35. The lowest BCUT2D eigenvalue weighted by molar-refractivity contribution is 0.0130. The van der Waals surface area contributed by atoms with Crippen LogP contribution in [0.3, 0.4) is 0 Å². The quantitative estimate of drug-likeness (QED) is 0.785. The van der Waals surface area contributed by atoms with Crippen molar-refractivity contribution in [2.75, 3.05) is 38.2 Å². The number of urea groups is 1. The van der Waals surface area contributed by atoms with E-state index in [0.29, 0.717) is 18.5 Å². The van der Waals surface area contributed by atoms with Gasteiger partial charge in [0.1, 0.15) is 0 Å². The van der Waals surface area contributed by atoms with Crippen molar-refractivity contribution < 1.29 is 9.53 Å². The van der Waals surface area contributed by atoms with E-state index in [4.69, 9.17) is 4.74 Å². The van der Waals surface area contributed by atoms with Crippen LogP contribution in [0.4, 0.5) is 10.5 Å². The van der Waals surface area contributed by atoms with Crippen LogP contribution in [0.15, 0.2) is 42.7 Å². The predicted octanol–water partition coefficient (Wildman–Crippen LogP) is 2.74. The van der Waals surface area contributed by atoms with Gasteiger partial charge in [-0.1, -0.05) is 26.0 Å². The Labute approximate surface area is 160 Å². The van der Waals surface area contributed by atoms with Gasteiger partial charge >= 0.3 is 6.03 Å². The average molecular weight is 371 g/mol. The summed E-state index contributed by atoms with van der Waals surface area (Å²) in [4.78, 5) is 14.9. The number of ether oxygens (including phenoxy) is 1. The Morgan fingerprint density at radius 1 is 1.22 bits per heavy atom. The van der Waals surface area contributed by atoms with Gasteiger partial charge in [-0.15, -0.1) is 0 Å². The van der Waals surface area contributed by atoms with Crippen LogP contribution in [0.25, 0.3) is 5.69 Å². The van der Waals surface area contributed by atoms with Gasteiger partial charge in [0.2, 0.25) is 0 Å². The summed E-state index contributed by atoms with van der Waals surface area (Å²) in [6.45, 7) is 8.41. The summed E-state index contributed by atoms with van der Waals surface area (Å²) in [6, 6.07) is 9.62. The number of carbonyl (C=O) groups is 1. The molecule has 2 aromatic rings. The highest BCUT2D eigenvalue weighted by molar-refractivity contribution is 5.91. The van der Waals surface area contributed by atoms with E-state index in [-0.39, 0.29) is 6.03 Å². The van der Waals surface area contributed by atoms with Crippen molar-refractivity contribution in [1.29, 1.82) is 0 Å². The number of morpholine rings is 1. The fraction of sp³-hybridized carbons (Fsp3) is 0.500. The molecule has 2 amide bonds. The van der Waals surface area contributed by atoms with E-state index in [9.17, 15) is 4.79 Å². The molecule has 0 aliphatic carbocycles. The van der Waals surface area contributed by atoms with Gasteiger partial charge in [0, 0.05) is 38.1 Å². The summed E-state index contributed by atoms with van der Waals surface area (Å²) in [5.74, 6) is 0.572. The number of nitrogens with zero attached hydrogens (tertiary/aromatic N) is 3. The highest BCUT2D eigenvalue weighted by Crippen LogP contribution is 2.19. The Hall–Kier alpha value is -2.38. The Morgan fingerprint density at radius 2 is 2.00 bits per heavy atom. The number of hydrogen-bond acceptors (Lipinski definition) is 4. The molecule has 1 fully saturated rings. The third-order valence-corrected chi connectivity index (χ3v) is 4.71. The summed E-state index contributed by atoms with van der Waals surface area (Å²) in [5.41, 5.74) is 1.56. The van der Waals surface area contributed by atoms with Crippen molar-refractivity contribution in [3.8, 4) is 5.69 Å². The molecule has 1 aliphatic rings. The first kappa shape index (κ1) is 19.4. The maximum atomic E-state index is 12.5. The molecule has 27 heavy (non-hydrogen) atoms. The van der Waals surface area contributed by atoms with Crippen LogP contribution in [-0.2, 0) is 4.74 Å². The van der Waals surface area contributed by atoms with Crippen molar-refractivity contribution in [3.05, 3.63) is 42.7 Å². The zero-order valence-corrected chi connectivity index (χ0v) is 16.1. The van der Waals surface area contributed by atoms with Crippen LogP contribution < -0.4 is 10.6 Å². The zero-order chi connectivity index (χ0) is 19.1. The smallest absolute Gasteiger partial charge is 0.319 e. The van der Waals surface area contributed by atoms with Gasteiger partial charge in [0.25, 0.3) is 0 Å². The summed E-state index contributed by atoms with van der Waals surface area (Å²) < 4.78 is 7.20. The minimum Gasteiger partial charge on any atom is -0.379 e. The Balaban J connectivity index is 1.60. The number of carbonyl (C=O) groups excluding carboxylic acids is 1. The number of nitrogens with one attached hydrogen (secondary N) is 2. The molecule has 1 atom stereocenters. The first-order valence-corrected chi connectivity index (χ1v) is 9.59. The van der Waals surface area contributed by atoms with Crippen LogP contribution in [-0.4, -0.2) is 59.6 Å². The third kappa shape index (κ3) is 5.55. The summed E-state index contributed by atoms with van der Waals surface area (Å²) >= 11 is 0. The molecular weight excluding hydrogens is 342 g/mol. The van der Waals surface area contributed by atoms with E-state index in [2.05, 4.69) is 34.5 Å². The molecule has 1 saturated heterocycles. The maximum Gasteiger partial charge on any atom is 0.319 e. The van der Waals surface area contributed by atoms with Crippen LogP contribution in [0.1, 0.15) is 20.3 Å². The van der Waals surface area contributed by atoms with Crippen LogP contribution in [0.2, 0.25) is 0 Å². The van der Waals surface area contributed by atoms with E-state index < -0.39 is 0 Å². The summed E-state index contributed by atoms with van der Waals surface area (Å²) in [7, 11) is 0. The lowest BCUT2D eigenvalue weighted by atomic mass is 10.0. The van der Waals surface area contributed by atoms with Crippen molar-refractivity contribution in [3.63, 3.8) is 0 Å². The van der Waals surface area contributed by atoms with Gasteiger partial charge < -0.3 is 15.4 Å². The number of anilines is 1. The Bertz CT molecular complexity index is 711. The molecule has 1 aliphatic heterocycles. The minimum atomic E-state index is -0.198. The molecule has 1 unspecified atom stereocenters. The second kappa shape index (κ2) is 9.53. The standard InChI is InChI=1S/C20H29N5O2/c1-16(2)14-17(24-10-12-27-13-11-24)15-21-20(26)23-18-6-3-4-7-19(18)25-9-5-8-22-25/h3-9,16-17H,10-15H2,1-2H3,(H2,21,23,26). The molecule has 0 radical (unpaired) electrons. The van der Waals surface area contributed by atoms with Crippen LogP contribution >= 0.6 is 0 Å². The van der Waals surface area contributed by atoms with Gasteiger partial charge in [0.05, 0.1) is 24.6 Å². The van der Waals surface area contributed by atoms with Crippen molar-refractivity contribution in [2.24, 2.45) is 5.92 Å². The van der Waals surface area contributed by atoms with E-state index in [1.807, 2.05) is 36.5 Å². The zero-order valence-electron chi connectivity index (χ0n) is 16.1. The van der Waals surface area contributed by atoms with Gasteiger partial charge in [0.15, 0.2) is 0 Å². The van der Waals surface area contributed by atoms with Gasteiger partial charge in [-0.05, 0) is 30.5 Å². The van der Waals surface area contributed by atoms with Crippen molar-refractivity contribution in [1.82, 2.24) is 20.0 Å². The van der Waals surface area contributed by atoms with E-state index in [1.54, 1.807) is 10.9 Å². The highest BCUT2D eigenvalue weighted by atomic mass is 16.5. The molecule has 3 rings (SSSR count). The number of para-hydroxylation sites is 2. The fourth-order valence-corrected chi connectivity index (χ4v) is 3.42. The molecule has 0 spiro atoms. The first-order chi connectivity index (χ1) is 13.1. The Morgan fingerprint density at radius 3 is 2.70 bits per heavy atom. The third-order valence-electron chi connectivity index (χ3n) is 4.71. The van der Waals surface area contributed by atoms with Crippen molar-refractivity contribution in [2.45, 2.75) is 26.3 Å². The minimum absolute atomic E-state index is 0.198. The molecule has 7 heteroatoms. The van der Waals surface area contributed by atoms with Crippen LogP contribution in [0, 0.1) is 5.92 Å². The lowest BCUT2D eigenvalue weighted by Crippen LogP contribution is -2.49. The molecule has 2 N–H and O–H groups in total.